The highest BCUT2D eigenvalue weighted by atomic mass is 16.5. The van der Waals surface area contributed by atoms with E-state index in [1.807, 2.05) is 26.1 Å². The van der Waals surface area contributed by atoms with E-state index < -0.39 is 0 Å². The quantitative estimate of drug-likeness (QED) is 0.783. The Morgan fingerprint density at radius 3 is 2.57 bits per heavy atom. The Bertz CT molecular complexity index is 313. The molecule has 0 bridgehead atoms. The van der Waals surface area contributed by atoms with Crippen LogP contribution in [0.15, 0.2) is 24.3 Å². The first-order valence-corrected chi connectivity index (χ1v) is 4.57. The van der Waals surface area contributed by atoms with Crippen molar-refractivity contribution in [2.24, 2.45) is 0 Å². The first kappa shape index (κ1) is 10.6. The summed E-state index contributed by atoms with van der Waals surface area (Å²) in [5, 5.41) is 11.6. The average molecular weight is 190 g/mol. The monoisotopic (exact) mass is 190 g/mol. The lowest BCUT2D eigenvalue weighted by Gasteiger charge is -2.13. The fourth-order valence-electron chi connectivity index (χ4n) is 1.17. The van der Waals surface area contributed by atoms with Gasteiger partial charge in [0.15, 0.2) is 0 Å². The van der Waals surface area contributed by atoms with E-state index in [9.17, 15) is 0 Å². The fourth-order valence-corrected chi connectivity index (χ4v) is 1.17. The van der Waals surface area contributed by atoms with E-state index in [0.29, 0.717) is 5.56 Å². The van der Waals surface area contributed by atoms with Crippen LogP contribution in [0.5, 0.6) is 5.75 Å². The molecular formula is C11H14N2O. The van der Waals surface area contributed by atoms with E-state index in [1.165, 1.54) is 0 Å². The topological polar surface area (TPSA) is 45.0 Å². The van der Waals surface area contributed by atoms with Gasteiger partial charge in [0.05, 0.1) is 11.6 Å². The van der Waals surface area contributed by atoms with E-state index in [-0.39, 0.29) is 6.10 Å². The van der Waals surface area contributed by atoms with E-state index in [0.717, 1.165) is 12.3 Å². The molecule has 0 saturated heterocycles. The van der Waals surface area contributed by atoms with Crippen molar-refractivity contribution in [3.8, 4) is 11.8 Å². The number of rotatable bonds is 4. The molecular weight excluding hydrogens is 176 g/mol. The van der Waals surface area contributed by atoms with Gasteiger partial charge in [-0.3, -0.25) is 0 Å². The van der Waals surface area contributed by atoms with E-state index in [2.05, 4.69) is 11.4 Å². The van der Waals surface area contributed by atoms with Crippen LogP contribution >= 0.6 is 0 Å². The van der Waals surface area contributed by atoms with Gasteiger partial charge in [-0.25, -0.2) is 0 Å². The van der Waals surface area contributed by atoms with Gasteiger partial charge >= 0.3 is 0 Å². The van der Waals surface area contributed by atoms with Crippen molar-refractivity contribution < 1.29 is 4.74 Å². The van der Waals surface area contributed by atoms with Crippen molar-refractivity contribution in [2.45, 2.75) is 13.0 Å². The minimum atomic E-state index is 0.132. The molecule has 1 rings (SSSR count). The Kier molecular flexibility index (Phi) is 3.96. The van der Waals surface area contributed by atoms with E-state index >= 15 is 0 Å². The highest BCUT2D eigenvalue weighted by Gasteiger charge is 2.01. The number of likely N-dealkylation sites (N-methyl/N-ethyl adjacent to an activating group) is 1. The number of nitrogens with zero attached hydrogens (tertiary/aromatic N) is 1. The molecule has 0 saturated carbocycles. The van der Waals surface area contributed by atoms with E-state index in [1.54, 1.807) is 12.1 Å². The Hall–Kier alpha value is -1.53. The molecule has 0 spiro atoms. The molecule has 1 aromatic carbocycles. The van der Waals surface area contributed by atoms with Crippen molar-refractivity contribution in [1.82, 2.24) is 5.32 Å². The summed E-state index contributed by atoms with van der Waals surface area (Å²) < 4.78 is 5.58. The third kappa shape index (κ3) is 3.08. The maximum atomic E-state index is 8.59. The maximum absolute atomic E-state index is 8.59. The van der Waals surface area contributed by atoms with Gasteiger partial charge in [-0.1, -0.05) is 0 Å². The fraction of sp³-hybridized carbons (Fsp3) is 0.364. The van der Waals surface area contributed by atoms with Crippen LogP contribution in [0.3, 0.4) is 0 Å². The van der Waals surface area contributed by atoms with Crippen LogP contribution in [-0.4, -0.2) is 19.7 Å². The van der Waals surface area contributed by atoms with E-state index in [4.69, 9.17) is 10.00 Å². The second-order valence-corrected chi connectivity index (χ2v) is 3.12. The summed E-state index contributed by atoms with van der Waals surface area (Å²) in [6, 6.07) is 9.19. The Balaban J connectivity index is 2.56. The predicted molar refractivity (Wildman–Crippen MR) is 55.2 cm³/mol. The van der Waals surface area contributed by atoms with Crippen molar-refractivity contribution in [3.05, 3.63) is 29.8 Å². The third-order valence-electron chi connectivity index (χ3n) is 1.81. The van der Waals surface area contributed by atoms with Gasteiger partial charge in [0, 0.05) is 6.54 Å². The highest BCUT2D eigenvalue weighted by molar-refractivity contribution is 5.34. The molecule has 0 amide bonds. The molecule has 1 aromatic rings. The lowest BCUT2D eigenvalue weighted by Crippen LogP contribution is -2.25. The molecule has 74 valence electrons. The zero-order valence-corrected chi connectivity index (χ0v) is 8.45. The average Bonchev–Trinajstić information content (AvgIpc) is 2.19. The molecule has 3 heteroatoms. The SMILES string of the molecule is CNCC(C)Oc1ccc(C#N)cc1. The largest absolute Gasteiger partial charge is 0.489 e. The number of hydrogen-bond donors (Lipinski definition) is 1. The van der Waals surface area contributed by atoms with Gasteiger partial charge in [-0.05, 0) is 38.2 Å². The normalized spacial score (nSPS) is 11.8. The Morgan fingerprint density at radius 2 is 2.07 bits per heavy atom. The molecule has 14 heavy (non-hydrogen) atoms. The van der Waals surface area contributed by atoms with Crippen LogP contribution in [0.2, 0.25) is 0 Å². The van der Waals surface area contributed by atoms with Crippen LogP contribution in [0.25, 0.3) is 0 Å². The molecule has 1 unspecified atom stereocenters. The minimum Gasteiger partial charge on any atom is -0.489 e. The molecule has 0 aliphatic carbocycles. The van der Waals surface area contributed by atoms with Gasteiger partial charge < -0.3 is 10.1 Å². The second-order valence-electron chi connectivity index (χ2n) is 3.12. The number of nitriles is 1. The second kappa shape index (κ2) is 5.25. The number of nitrogens with one attached hydrogen (secondary N) is 1. The third-order valence-corrected chi connectivity index (χ3v) is 1.81. The molecule has 0 fully saturated rings. The van der Waals surface area contributed by atoms with Crippen molar-refractivity contribution in [2.75, 3.05) is 13.6 Å². The molecule has 0 heterocycles. The molecule has 3 nitrogen and oxygen atoms in total. The maximum Gasteiger partial charge on any atom is 0.119 e. The van der Waals surface area contributed by atoms with Crippen molar-refractivity contribution >= 4 is 0 Å². The summed E-state index contributed by atoms with van der Waals surface area (Å²) in [5.74, 6) is 0.798. The Labute approximate surface area is 84.3 Å². The minimum absolute atomic E-state index is 0.132. The first-order valence-electron chi connectivity index (χ1n) is 4.57. The van der Waals surface area contributed by atoms with Crippen LogP contribution in [0, 0.1) is 11.3 Å². The molecule has 0 aliphatic rings. The molecule has 0 aliphatic heterocycles. The van der Waals surface area contributed by atoms with Crippen molar-refractivity contribution in [1.29, 1.82) is 5.26 Å². The predicted octanol–water partition coefficient (Wildman–Crippen LogP) is 1.54. The molecule has 1 N–H and O–H groups in total. The standard InChI is InChI=1S/C11H14N2O/c1-9(8-13-2)14-11-5-3-10(7-12)4-6-11/h3-6,9,13H,8H2,1-2H3. The summed E-state index contributed by atoms with van der Waals surface area (Å²) >= 11 is 0. The highest BCUT2D eigenvalue weighted by Crippen LogP contribution is 2.12. The summed E-state index contributed by atoms with van der Waals surface area (Å²) in [6.07, 6.45) is 0.132. The summed E-state index contributed by atoms with van der Waals surface area (Å²) in [4.78, 5) is 0. The smallest absolute Gasteiger partial charge is 0.119 e. The van der Waals surface area contributed by atoms with Gasteiger partial charge in [0.2, 0.25) is 0 Å². The van der Waals surface area contributed by atoms with Crippen LogP contribution in [-0.2, 0) is 0 Å². The van der Waals surface area contributed by atoms with Gasteiger partial charge in [-0.15, -0.1) is 0 Å². The lowest BCUT2D eigenvalue weighted by atomic mass is 10.2. The number of benzene rings is 1. The zero-order chi connectivity index (χ0) is 10.4. The van der Waals surface area contributed by atoms with Crippen LogP contribution < -0.4 is 10.1 Å². The summed E-state index contributed by atoms with van der Waals surface area (Å²) in [5.41, 5.74) is 0.651. The lowest BCUT2D eigenvalue weighted by molar-refractivity contribution is 0.220. The summed E-state index contributed by atoms with van der Waals surface area (Å²) in [6.45, 7) is 2.80. The molecule has 1 atom stereocenters. The Morgan fingerprint density at radius 1 is 1.43 bits per heavy atom. The molecule has 0 radical (unpaired) electrons. The van der Waals surface area contributed by atoms with Gasteiger partial charge in [-0.2, -0.15) is 5.26 Å². The van der Waals surface area contributed by atoms with Crippen LogP contribution in [0.4, 0.5) is 0 Å². The number of hydrogen-bond acceptors (Lipinski definition) is 3. The van der Waals surface area contributed by atoms with Gasteiger partial charge in [0.25, 0.3) is 0 Å². The van der Waals surface area contributed by atoms with Crippen LogP contribution in [0.1, 0.15) is 12.5 Å². The zero-order valence-electron chi connectivity index (χ0n) is 8.45. The first-order chi connectivity index (χ1) is 6.76. The molecule has 0 aromatic heterocycles. The van der Waals surface area contributed by atoms with Gasteiger partial charge in [0.1, 0.15) is 11.9 Å². The van der Waals surface area contributed by atoms with Crippen molar-refractivity contribution in [3.63, 3.8) is 0 Å². The number of ether oxygens (including phenoxy) is 1. The summed E-state index contributed by atoms with van der Waals surface area (Å²) in [7, 11) is 1.89.